The van der Waals surface area contributed by atoms with Gasteiger partial charge >= 0.3 is 0 Å². The Morgan fingerprint density at radius 3 is 2.24 bits per heavy atom. The summed E-state index contributed by atoms with van der Waals surface area (Å²) < 4.78 is 26.4. The third-order valence-electron chi connectivity index (χ3n) is 2.60. The van der Waals surface area contributed by atoms with E-state index in [2.05, 4.69) is 4.72 Å². The fourth-order valence-corrected chi connectivity index (χ4v) is 3.22. The molecule has 0 fully saturated rings. The standard InChI is InChI=1S/C13H21NO2S/c1-4-10-17(15,16)14-13(11(2)3)12-8-6-5-7-9-12/h5-9,11,13-14H,4,10H2,1-3H3. The van der Waals surface area contributed by atoms with Gasteiger partial charge in [0.05, 0.1) is 5.75 Å². The zero-order valence-electron chi connectivity index (χ0n) is 10.7. The van der Waals surface area contributed by atoms with Gasteiger partial charge in [0.25, 0.3) is 0 Å². The van der Waals surface area contributed by atoms with Gasteiger partial charge in [0, 0.05) is 6.04 Å². The topological polar surface area (TPSA) is 46.2 Å². The van der Waals surface area contributed by atoms with Crippen LogP contribution in [0.25, 0.3) is 0 Å². The molecule has 17 heavy (non-hydrogen) atoms. The number of benzene rings is 1. The molecule has 1 rings (SSSR count). The Bertz CT molecular complexity index is 426. The summed E-state index contributed by atoms with van der Waals surface area (Å²) in [6.07, 6.45) is 0.634. The first-order chi connectivity index (χ1) is 7.96. The van der Waals surface area contributed by atoms with Crippen molar-refractivity contribution in [1.82, 2.24) is 4.72 Å². The number of nitrogens with one attached hydrogen (secondary N) is 1. The summed E-state index contributed by atoms with van der Waals surface area (Å²) in [7, 11) is -3.17. The molecule has 0 aliphatic rings. The van der Waals surface area contributed by atoms with Crippen molar-refractivity contribution in [3.63, 3.8) is 0 Å². The fourth-order valence-electron chi connectivity index (χ4n) is 1.77. The van der Waals surface area contributed by atoms with E-state index in [9.17, 15) is 8.42 Å². The van der Waals surface area contributed by atoms with Crippen molar-refractivity contribution in [2.45, 2.75) is 33.2 Å². The normalized spacial score (nSPS) is 13.9. The molecule has 1 N–H and O–H groups in total. The quantitative estimate of drug-likeness (QED) is 0.849. The maximum absolute atomic E-state index is 11.8. The third kappa shape index (κ3) is 4.48. The summed E-state index contributed by atoms with van der Waals surface area (Å²) in [5.41, 5.74) is 1.02. The summed E-state index contributed by atoms with van der Waals surface area (Å²) in [4.78, 5) is 0. The van der Waals surface area contributed by atoms with Crippen LogP contribution in [0.2, 0.25) is 0 Å². The average Bonchev–Trinajstić information content (AvgIpc) is 2.27. The molecule has 0 saturated carbocycles. The lowest BCUT2D eigenvalue weighted by Gasteiger charge is -2.22. The molecule has 3 nitrogen and oxygen atoms in total. The van der Waals surface area contributed by atoms with E-state index in [4.69, 9.17) is 0 Å². The van der Waals surface area contributed by atoms with Crippen LogP contribution in [0.4, 0.5) is 0 Å². The Hall–Kier alpha value is -0.870. The van der Waals surface area contributed by atoms with Crippen molar-refractivity contribution in [3.8, 4) is 0 Å². The Morgan fingerprint density at radius 2 is 1.76 bits per heavy atom. The molecule has 1 aromatic rings. The summed E-state index contributed by atoms with van der Waals surface area (Å²) in [5, 5.41) is 0. The number of sulfonamides is 1. The van der Waals surface area contributed by atoms with Gasteiger partial charge in [-0.1, -0.05) is 51.1 Å². The summed E-state index contributed by atoms with van der Waals surface area (Å²) in [5.74, 6) is 0.410. The molecular formula is C13H21NO2S. The minimum absolute atomic E-state index is 0.146. The second-order valence-corrected chi connectivity index (χ2v) is 6.44. The lowest BCUT2D eigenvalue weighted by molar-refractivity contribution is 0.463. The highest BCUT2D eigenvalue weighted by atomic mass is 32.2. The molecular weight excluding hydrogens is 234 g/mol. The highest BCUT2D eigenvalue weighted by Crippen LogP contribution is 2.22. The van der Waals surface area contributed by atoms with Crippen molar-refractivity contribution in [2.24, 2.45) is 5.92 Å². The zero-order valence-corrected chi connectivity index (χ0v) is 11.5. The lowest BCUT2D eigenvalue weighted by Crippen LogP contribution is -2.33. The second kappa shape index (κ2) is 6.17. The minimum Gasteiger partial charge on any atom is -0.212 e. The van der Waals surface area contributed by atoms with Crippen molar-refractivity contribution in [1.29, 1.82) is 0 Å². The molecule has 0 radical (unpaired) electrons. The first kappa shape index (κ1) is 14.2. The molecule has 1 atom stereocenters. The predicted octanol–water partition coefficient (Wildman–Crippen LogP) is 2.71. The van der Waals surface area contributed by atoms with Crippen molar-refractivity contribution in [3.05, 3.63) is 35.9 Å². The highest BCUT2D eigenvalue weighted by Gasteiger charge is 2.21. The van der Waals surface area contributed by atoms with Gasteiger partial charge in [-0.05, 0) is 17.9 Å². The summed E-state index contributed by atoms with van der Waals surface area (Å²) in [6, 6.07) is 9.56. The molecule has 0 spiro atoms. The molecule has 0 heterocycles. The van der Waals surface area contributed by atoms with Crippen molar-refractivity contribution < 1.29 is 8.42 Å². The smallest absolute Gasteiger partial charge is 0.212 e. The van der Waals surface area contributed by atoms with Crippen LogP contribution < -0.4 is 4.72 Å². The van der Waals surface area contributed by atoms with E-state index >= 15 is 0 Å². The van der Waals surface area contributed by atoms with Crippen LogP contribution in [-0.4, -0.2) is 14.2 Å². The van der Waals surface area contributed by atoms with E-state index in [0.717, 1.165) is 5.56 Å². The van der Waals surface area contributed by atoms with E-state index in [1.807, 2.05) is 51.1 Å². The predicted molar refractivity (Wildman–Crippen MR) is 71.2 cm³/mol. The van der Waals surface area contributed by atoms with Gasteiger partial charge in [-0.15, -0.1) is 0 Å². The number of hydrogen-bond donors (Lipinski definition) is 1. The van der Waals surface area contributed by atoms with Crippen LogP contribution in [0.15, 0.2) is 30.3 Å². The van der Waals surface area contributed by atoms with Gasteiger partial charge in [0.15, 0.2) is 0 Å². The van der Waals surface area contributed by atoms with Crippen LogP contribution in [0.1, 0.15) is 38.8 Å². The number of rotatable bonds is 6. The van der Waals surface area contributed by atoms with Gasteiger partial charge in [-0.3, -0.25) is 0 Å². The van der Waals surface area contributed by atoms with Crippen LogP contribution in [0.5, 0.6) is 0 Å². The Labute approximate surface area is 104 Å². The van der Waals surface area contributed by atoms with E-state index in [1.54, 1.807) is 0 Å². The molecule has 4 heteroatoms. The maximum Gasteiger partial charge on any atom is 0.212 e. The zero-order chi connectivity index (χ0) is 12.9. The van der Waals surface area contributed by atoms with Crippen molar-refractivity contribution >= 4 is 10.0 Å². The van der Waals surface area contributed by atoms with Crippen LogP contribution >= 0.6 is 0 Å². The van der Waals surface area contributed by atoms with Gasteiger partial charge < -0.3 is 0 Å². The van der Waals surface area contributed by atoms with Gasteiger partial charge in [-0.2, -0.15) is 0 Å². The van der Waals surface area contributed by atoms with E-state index in [1.165, 1.54) is 0 Å². The number of hydrogen-bond acceptors (Lipinski definition) is 2. The summed E-state index contributed by atoms with van der Waals surface area (Å²) >= 11 is 0. The third-order valence-corrected chi connectivity index (χ3v) is 4.16. The first-order valence-corrected chi connectivity index (χ1v) is 7.66. The molecule has 96 valence electrons. The van der Waals surface area contributed by atoms with Crippen LogP contribution in [0.3, 0.4) is 0 Å². The van der Waals surface area contributed by atoms with E-state index in [-0.39, 0.29) is 17.7 Å². The SMILES string of the molecule is CCCS(=O)(=O)NC(c1ccccc1)C(C)C. The molecule has 0 bridgehead atoms. The van der Waals surface area contributed by atoms with E-state index in [0.29, 0.717) is 6.42 Å². The van der Waals surface area contributed by atoms with Crippen LogP contribution in [-0.2, 0) is 10.0 Å². The average molecular weight is 255 g/mol. The van der Waals surface area contributed by atoms with E-state index < -0.39 is 10.0 Å². The van der Waals surface area contributed by atoms with Gasteiger partial charge in [0.2, 0.25) is 10.0 Å². The molecule has 0 saturated heterocycles. The Morgan fingerprint density at radius 1 is 1.18 bits per heavy atom. The monoisotopic (exact) mass is 255 g/mol. The second-order valence-electron chi connectivity index (χ2n) is 4.57. The van der Waals surface area contributed by atoms with Crippen LogP contribution in [0, 0.1) is 5.92 Å². The molecule has 0 amide bonds. The van der Waals surface area contributed by atoms with Gasteiger partial charge in [0.1, 0.15) is 0 Å². The lowest BCUT2D eigenvalue weighted by atomic mass is 9.97. The highest BCUT2D eigenvalue weighted by molar-refractivity contribution is 7.89. The molecule has 1 aromatic carbocycles. The largest absolute Gasteiger partial charge is 0.212 e. The molecule has 0 aliphatic heterocycles. The Kier molecular flexibility index (Phi) is 5.15. The molecule has 0 aliphatic carbocycles. The van der Waals surface area contributed by atoms with Crippen molar-refractivity contribution in [2.75, 3.05) is 5.75 Å². The molecule has 1 unspecified atom stereocenters. The Balaban J connectivity index is 2.89. The summed E-state index contributed by atoms with van der Waals surface area (Å²) in [6.45, 7) is 5.91. The fraction of sp³-hybridized carbons (Fsp3) is 0.538. The molecule has 0 aromatic heterocycles. The first-order valence-electron chi connectivity index (χ1n) is 6.01. The maximum atomic E-state index is 11.8. The van der Waals surface area contributed by atoms with Gasteiger partial charge in [-0.25, -0.2) is 13.1 Å². The minimum atomic E-state index is -3.17.